The average molecular weight is 212 g/mol. The molecule has 0 aliphatic heterocycles. The van der Waals surface area contributed by atoms with Crippen LogP contribution in [0.3, 0.4) is 0 Å². The van der Waals surface area contributed by atoms with Crippen molar-refractivity contribution in [3.05, 3.63) is 24.5 Å². The minimum atomic E-state index is -1.48. The van der Waals surface area contributed by atoms with E-state index >= 15 is 0 Å². The Labute approximate surface area is 90.0 Å². The molecule has 0 aromatic heterocycles. The molecule has 2 heteroatoms. The van der Waals surface area contributed by atoms with E-state index in [-0.39, 0.29) is 0 Å². The Morgan fingerprint density at radius 2 is 1.64 bits per heavy atom. The minimum Gasteiger partial charge on any atom is -0.544 e. The van der Waals surface area contributed by atoms with Gasteiger partial charge in [-0.3, -0.25) is 0 Å². The molecule has 0 rings (SSSR count). The van der Waals surface area contributed by atoms with Crippen molar-refractivity contribution in [3.8, 4) is 0 Å². The highest BCUT2D eigenvalue weighted by atomic mass is 28.4. The smallest absolute Gasteiger partial charge is 0.250 e. The molecule has 14 heavy (non-hydrogen) atoms. The second kappa shape index (κ2) is 6.88. The summed E-state index contributed by atoms with van der Waals surface area (Å²) in [7, 11) is -1.48. The molecule has 0 aliphatic carbocycles. The van der Waals surface area contributed by atoms with E-state index in [9.17, 15) is 0 Å². The quantitative estimate of drug-likeness (QED) is 0.343. The molecule has 0 amide bonds. The molecule has 0 aromatic carbocycles. The Hall–Kier alpha value is -0.503. The van der Waals surface area contributed by atoms with Gasteiger partial charge in [0.05, 0.1) is 5.76 Å². The molecule has 1 nitrogen and oxygen atoms in total. The highest BCUT2D eigenvalue weighted by Gasteiger charge is 2.30. The molecule has 0 saturated carbocycles. The van der Waals surface area contributed by atoms with Gasteiger partial charge in [-0.05, 0) is 36.7 Å². The van der Waals surface area contributed by atoms with Crippen LogP contribution in [0.4, 0.5) is 0 Å². The summed E-state index contributed by atoms with van der Waals surface area (Å²) in [6.07, 6.45) is 4.98. The Balaban J connectivity index is 4.56. The summed E-state index contributed by atoms with van der Waals surface area (Å²) >= 11 is 0. The molecule has 0 bridgehead atoms. The number of hydrogen-bond acceptors (Lipinski definition) is 1. The van der Waals surface area contributed by atoms with Crippen molar-refractivity contribution in [2.24, 2.45) is 0 Å². The molecular formula is C12H24OSi. The van der Waals surface area contributed by atoms with Crippen LogP contribution in [0.25, 0.3) is 0 Å². The monoisotopic (exact) mass is 212 g/mol. The van der Waals surface area contributed by atoms with Crippen molar-refractivity contribution in [1.29, 1.82) is 0 Å². The first-order valence-corrected chi connectivity index (χ1v) is 8.22. The minimum absolute atomic E-state index is 0.990. The van der Waals surface area contributed by atoms with E-state index in [1.54, 1.807) is 0 Å². The first-order valence-electron chi connectivity index (χ1n) is 5.69. The van der Waals surface area contributed by atoms with Crippen molar-refractivity contribution in [2.45, 2.75) is 52.2 Å². The lowest BCUT2D eigenvalue weighted by Gasteiger charge is -2.29. The summed E-state index contributed by atoms with van der Waals surface area (Å²) in [5.74, 6) is 0.990. The van der Waals surface area contributed by atoms with Gasteiger partial charge in [0.25, 0.3) is 0 Å². The van der Waals surface area contributed by atoms with Gasteiger partial charge in [0.15, 0.2) is 0 Å². The molecule has 0 fully saturated rings. The van der Waals surface area contributed by atoms with Crippen molar-refractivity contribution in [2.75, 3.05) is 0 Å². The lowest BCUT2D eigenvalue weighted by atomic mass is 10.4. The van der Waals surface area contributed by atoms with Gasteiger partial charge in [-0.1, -0.05) is 34.3 Å². The normalized spacial score (nSPS) is 12.7. The summed E-state index contributed by atoms with van der Waals surface area (Å²) < 4.78 is 6.16. The zero-order chi connectivity index (χ0) is 11.0. The van der Waals surface area contributed by atoms with Crippen molar-refractivity contribution in [1.82, 2.24) is 0 Å². The van der Waals surface area contributed by atoms with Crippen molar-refractivity contribution >= 4 is 8.32 Å². The summed E-state index contributed by atoms with van der Waals surface area (Å²) in [6.45, 7) is 12.6. The van der Waals surface area contributed by atoms with Crippen LogP contribution in [-0.2, 0) is 4.43 Å². The van der Waals surface area contributed by atoms with Gasteiger partial charge in [0.1, 0.15) is 0 Å². The standard InChI is InChI=1S/C12H24OSi/c1-6-11-12(7-2)13-14(8-3,9-4)10-5/h7,11H,2,6,8-10H2,1,3-5H3. The van der Waals surface area contributed by atoms with Crippen LogP contribution in [0, 0.1) is 0 Å². The van der Waals surface area contributed by atoms with E-state index in [0.29, 0.717) is 0 Å². The fourth-order valence-corrected chi connectivity index (χ4v) is 4.18. The van der Waals surface area contributed by atoms with Crippen molar-refractivity contribution in [3.63, 3.8) is 0 Å². The molecule has 0 unspecified atom stereocenters. The third-order valence-electron chi connectivity index (χ3n) is 2.87. The second-order valence-electron chi connectivity index (χ2n) is 3.56. The van der Waals surface area contributed by atoms with Crippen LogP contribution >= 0.6 is 0 Å². The number of hydrogen-bond donors (Lipinski definition) is 0. The van der Waals surface area contributed by atoms with Crippen LogP contribution in [-0.4, -0.2) is 8.32 Å². The lowest BCUT2D eigenvalue weighted by molar-refractivity contribution is 0.420. The number of allylic oxidation sites excluding steroid dienone is 2. The largest absolute Gasteiger partial charge is 0.544 e. The van der Waals surface area contributed by atoms with Crippen LogP contribution in [0.5, 0.6) is 0 Å². The highest BCUT2D eigenvalue weighted by molar-refractivity contribution is 6.73. The Bertz CT molecular complexity index is 184. The van der Waals surface area contributed by atoms with Crippen LogP contribution in [0.1, 0.15) is 34.1 Å². The molecule has 0 heterocycles. The van der Waals surface area contributed by atoms with E-state index in [2.05, 4.69) is 40.3 Å². The molecule has 0 aromatic rings. The Kier molecular flexibility index (Phi) is 6.63. The highest BCUT2D eigenvalue weighted by Crippen LogP contribution is 2.25. The summed E-state index contributed by atoms with van der Waals surface area (Å²) in [6, 6.07) is 3.57. The maximum absolute atomic E-state index is 6.16. The first kappa shape index (κ1) is 13.5. The fourth-order valence-electron chi connectivity index (χ4n) is 1.58. The summed E-state index contributed by atoms with van der Waals surface area (Å²) in [5.41, 5.74) is 0. The number of rotatable bonds is 7. The van der Waals surface area contributed by atoms with E-state index in [4.69, 9.17) is 4.43 Å². The molecule has 0 atom stereocenters. The zero-order valence-corrected chi connectivity index (χ0v) is 11.1. The van der Waals surface area contributed by atoms with E-state index < -0.39 is 8.32 Å². The SMILES string of the molecule is C=CC(=CCC)O[Si](CC)(CC)CC. The summed E-state index contributed by atoms with van der Waals surface area (Å²) in [4.78, 5) is 0. The molecule has 0 radical (unpaired) electrons. The Morgan fingerprint density at radius 1 is 1.14 bits per heavy atom. The molecule has 0 saturated heterocycles. The average Bonchev–Trinajstić information content (AvgIpc) is 2.25. The topological polar surface area (TPSA) is 9.23 Å². The first-order chi connectivity index (χ1) is 6.67. The Morgan fingerprint density at radius 3 is 1.93 bits per heavy atom. The molecule has 0 aliphatic rings. The fraction of sp³-hybridized carbons (Fsp3) is 0.667. The van der Waals surface area contributed by atoms with E-state index in [1.807, 2.05) is 6.08 Å². The van der Waals surface area contributed by atoms with Gasteiger partial charge in [0, 0.05) is 0 Å². The van der Waals surface area contributed by atoms with Crippen molar-refractivity contribution < 1.29 is 4.43 Å². The lowest BCUT2D eigenvalue weighted by Crippen LogP contribution is -2.35. The predicted octanol–water partition coefficient (Wildman–Crippen LogP) is 4.49. The maximum Gasteiger partial charge on any atom is 0.250 e. The maximum atomic E-state index is 6.16. The molecule has 0 spiro atoms. The zero-order valence-electron chi connectivity index (χ0n) is 10.1. The molecule has 0 N–H and O–H groups in total. The van der Waals surface area contributed by atoms with Gasteiger partial charge >= 0.3 is 0 Å². The van der Waals surface area contributed by atoms with Crippen LogP contribution < -0.4 is 0 Å². The van der Waals surface area contributed by atoms with E-state index in [0.717, 1.165) is 12.2 Å². The third kappa shape index (κ3) is 3.70. The second-order valence-corrected chi connectivity index (χ2v) is 8.26. The summed E-state index contributed by atoms with van der Waals surface area (Å²) in [5, 5.41) is 0. The van der Waals surface area contributed by atoms with Crippen LogP contribution in [0.2, 0.25) is 18.1 Å². The van der Waals surface area contributed by atoms with E-state index in [1.165, 1.54) is 18.1 Å². The van der Waals surface area contributed by atoms with Gasteiger partial charge in [-0.2, -0.15) is 0 Å². The van der Waals surface area contributed by atoms with Gasteiger partial charge in [-0.25, -0.2) is 0 Å². The molecule has 82 valence electrons. The van der Waals surface area contributed by atoms with Crippen LogP contribution in [0.15, 0.2) is 24.5 Å². The molecular weight excluding hydrogens is 188 g/mol. The van der Waals surface area contributed by atoms with Gasteiger partial charge in [0.2, 0.25) is 8.32 Å². The third-order valence-corrected chi connectivity index (χ3v) is 7.41. The predicted molar refractivity (Wildman–Crippen MR) is 66.9 cm³/mol. The van der Waals surface area contributed by atoms with Gasteiger partial charge < -0.3 is 4.43 Å². The van der Waals surface area contributed by atoms with Gasteiger partial charge in [-0.15, -0.1) is 0 Å².